The lowest BCUT2D eigenvalue weighted by Gasteiger charge is -2.24. The SMILES string of the molecule is COC(=O)CCCCCCNC(=O)C1CC2CCCCC2N1. The average molecular weight is 310 g/mol. The van der Waals surface area contributed by atoms with Gasteiger partial charge >= 0.3 is 5.97 Å². The van der Waals surface area contributed by atoms with Gasteiger partial charge in [0.05, 0.1) is 13.2 Å². The van der Waals surface area contributed by atoms with Crippen LogP contribution in [0.1, 0.15) is 64.2 Å². The highest BCUT2D eigenvalue weighted by Crippen LogP contribution is 2.33. The maximum Gasteiger partial charge on any atom is 0.305 e. The van der Waals surface area contributed by atoms with Gasteiger partial charge in [-0.05, 0) is 38.0 Å². The first-order valence-corrected chi connectivity index (χ1v) is 8.81. The van der Waals surface area contributed by atoms with Crippen LogP contribution in [0.4, 0.5) is 0 Å². The molecular formula is C17H30N2O3. The number of ether oxygens (including phenoxy) is 1. The molecule has 1 aliphatic carbocycles. The smallest absolute Gasteiger partial charge is 0.305 e. The number of carbonyl (C=O) groups is 2. The van der Waals surface area contributed by atoms with Gasteiger partial charge in [-0.25, -0.2) is 0 Å². The first-order chi connectivity index (χ1) is 10.7. The van der Waals surface area contributed by atoms with Crippen molar-refractivity contribution >= 4 is 11.9 Å². The monoisotopic (exact) mass is 310 g/mol. The first-order valence-electron chi connectivity index (χ1n) is 8.81. The van der Waals surface area contributed by atoms with Crippen LogP contribution in [-0.2, 0) is 14.3 Å². The van der Waals surface area contributed by atoms with E-state index in [2.05, 4.69) is 15.4 Å². The molecule has 5 nitrogen and oxygen atoms in total. The summed E-state index contributed by atoms with van der Waals surface area (Å²) in [6.45, 7) is 0.741. The average Bonchev–Trinajstić information content (AvgIpc) is 2.97. The summed E-state index contributed by atoms with van der Waals surface area (Å²) < 4.78 is 4.60. The quantitative estimate of drug-likeness (QED) is 0.532. The van der Waals surface area contributed by atoms with Gasteiger partial charge in [-0.3, -0.25) is 9.59 Å². The lowest BCUT2D eigenvalue weighted by atomic mass is 9.85. The van der Waals surface area contributed by atoms with E-state index < -0.39 is 0 Å². The molecule has 2 rings (SSSR count). The van der Waals surface area contributed by atoms with E-state index in [1.54, 1.807) is 0 Å². The summed E-state index contributed by atoms with van der Waals surface area (Å²) in [5.41, 5.74) is 0. The largest absolute Gasteiger partial charge is 0.469 e. The highest BCUT2D eigenvalue weighted by Gasteiger charge is 2.37. The Morgan fingerprint density at radius 3 is 2.68 bits per heavy atom. The Morgan fingerprint density at radius 1 is 1.14 bits per heavy atom. The number of hydrogen-bond donors (Lipinski definition) is 2. The third kappa shape index (κ3) is 5.27. The maximum atomic E-state index is 12.2. The number of nitrogens with one attached hydrogen (secondary N) is 2. The van der Waals surface area contributed by atoms with Crippen molar-refractivity contribution in [2.75, 3.05) is 13.7 Å². The number of rotatable bonds is 8. The second-order valence-corrected chi connectivity index (χ2v) is 6.64. The minimum Gasteiger partial charge on any atom is -0.469 e. The summed E-state index contributed by atoms with van der Waals surface area (Å²) in [5.74, 6) is 0.744. The van der Waals surface area contributed by atoms with Gasteiger partial charge in [0.1, 0.15) is 0 Å². The van der Waals surface area contributed by atoms with E-state index in [9.17, 15) is 9.59 Å². The van der Waals surface area contributed by atoms with Crippen LogP contribution in [0.5, 0.6) is 0 Å². The van der Waals surface area contributed by atoms with Gasteiger partial charge in [0, 0.05) is 19.0 Å². The minimum atomic E-state index is -0.137. The van der Waals surface area contributed by atoms with Gasteiger partial charge in [0.2, 0.25) is 5.91 Å². The number of methoxy groups -OCH3 is 1. The molecule has 1 aliphatic heterocycles. The maximum absolute atomic E-state index is 12.2. The molecule has 0 radical (unpaired) electrons. The molecule has 1 saturated heterocycles. The van der Waals surface area contributed by atoms with Gasteiger partial charge in [0.25, 0.3) is 0 Å². The zero-order chi connectivity index (χ0) is 15.8. The van der Waals surface area contributed by atoms with Gasteiger partial charge in [-0.15, -0.1) is 0 Å². The van der Waals surface area contributed by atoms with Gasteiger partial charge in [-0.1, -0.05) is 25.7 Å². The molecule has 0 spiro atoms. The van der Waals surface area contributed by atoms with Crippen LogP contribution in [-0.4, -0.2) is 37.6 Å². The molecule has 2 fully saturated rings. The summed E-state index contributed by atoms with van der Waals surface area (Å²) >= 11 is 0. The van der Waals surface area contributed by atoms with Crippen molar-refractivity contribution in [3.05, 3.63) is 0 Å². The van der Waals surface area contributed by atoms with E-state index in [0.717, 1.165) is 38.6 Å². The van der Waals surface area contributed by atoms with Crippen molar-refractivity contribution in [1.29, 1.82) is 0 Å². The Bertz CT molecular complexity index is 359. The molecule has 0 aromatic heterocycles. The third-order valence-corrected chi connectivity index (χ3v) is 5.01. The normalized spacial score (nSPS) is 27.2. The number of esters is 1. The Labute approximate surface area is 133 Å². The Balaban J connectivity index is 1.50. The van der Waals surface area contributed by atoms with Crippen LogP contribution in [0.3, 0.4) is 0 Å². The van der Waals surface area contributed by atoms with E-state index in [1.165, 1.54) is 32.8 Å². The summed E-state index contributed by atoms with van der Waals surface area (Å²) in [5, 5.41) is 6.56. The van der Waals surface area contributed by atoms with E-state index in [0.29, 0.717) is 18.4 Å². The molecule has 1 amide bonds. The Morgan fingerprint density at radius 2 is 1.91 bits per heavy atom. The highest BCUT2D eigenvalue weighted by molar-refractivity contribution is 5.82. The molecule has 3 atom stereocenters. The standard InChI is InChI=1S/C17H30N2O3/c1-22-16(20)10-4-2-3-7-11-18-17(21)15-12-13-8-5-6-9-14(13)19-15/h13-15,19H,2-12H2,1H3,(H,18,21). The summed E-state index contributed by atoms with van der Waals surface area (Å²) in [6, 6.07) is 0.593. The zero-order valence-electron chi connectivity index (χ0n) is 13.7. The first kappa shape index (κ1) is 17.3. The lowest BCUT2D eigenvalue weighted by molar-refractivity contribution is -0.140. The predicted octanol–water partition coefficient (Wildman–Crippen LogP) is 2.15. The molecule has 2 aliphatic rings. The number of amides is 1. The summed E-state index contributed by atoms with van der Waals surface area (Å²) in [6.07, 6.45) is 10.5. The zero-order valence-corrected chi connectivity index (χ0v) is 13.7. The highest BCUT2D eigenvalue weighted by atomic mass is 16.5. The van der Waals surface area contributed by atoms with Crippen LogP contribution in [0.2, 0.25) is 0 Å². The molecule has 0 aromatic carbocycles. The summed E-state index contributed by atoms with van der Waals surface area (Å²) in [4.78, 5) is 23.1. The molecule has 2 N–H and O–H groups in total. The van der Waals surface area contributed by atoms with Crippen LogP contribution in [0.15, 0.2) is 0 Å². The fraction of sp³-hybridized carbons (Fsp3) is 0.882. The number of carbonyl (C=O) groups excluding carboxylic acids is 2. The van der Waals surface area contributed by atoms with E-state index in [-0.39, 0.29) is 17.9 Å². The molecule has 1 heterocycles. The summed E-state index contributed by atoms with van der Waals surface area (Å²) in [7, 11) is 1.42. The molecular weight excluding hydrogens is 280 g/mol. The second-order valence-electron chi connectivity index (χ2n) is 6.64. The van der Waals surface area contributed by atoms with E-state index in [1.807, 2.05) is 0 Å². The van der Waals surface area contributed by atoms with Crippen molar-refractivity contribution < 1.29 is 14.3 Å². The van der Waals surface area contributed by atoms with Crippen molar-refractivity contribution in [3.63, 3.8) is 0 Å². The number of fused-ring (bicyclic) bond motifs is 1. The van der Waals surface area contributed by atoms with Crippen LogP contribution >= 0.6 is 0 Å². The van der Waals surface area contributed by atoms with Gasteiger partial charge in [0.15, 0.2) is 0 Å². The van der Waals surface area contributed by atoms with Gasteiger partial charge in [-0.2, -0.15) is 0 Å². The molecule has 5 heteroatoms. The number of hydrogen-bond acceptors (Lipinski definition) is 4. The molecule has 0 bridgehead atoms. The van der Waals surface area contributed by atoms with Crippen LogP contribution < -0.4 is 10.6 Å². The van der Waals surface area contributed by atoms with Crippen LogP contribution in [0, 0.1) is 5.92 Å². The Hall–Kier alpha value is -1.10. The van der Waals surface area contributed by atoms with Crippen molar-refractivity contribution in [3.8, 4) is 0 Å². The molecule has 126 valence electrons. The van der Waals surface area contributed by atoms with Crippen LogP contribution in [0.25, 0.3) is 0 Å². The van der Waals surface area contributed by atoms with Crippen molar-refractivity contribution in [2.24, 2.45) is 5.92 Å². The van der Waals surface area contributed by atoms with Gasteiger partial charge < -0.3 is 15.4 Å². The molecule has 0 aromatic rings. The molecule has 22 heavy (non-hydrogen) atoms. The fourth-order valence-corrected chi connectivity index (χ4v) is 3.71. The molecule has 3 unspecified atom stereocenters. The minimum absolute atomic E-state index is 0.0208. The Kier molecular flexibility index (Phi) is 7.16. The van der Waals surface area contributed by atoms with E-state index in [4.69, 9.17) is 0 Å². The number of unbranched alkanes of at least 4 members (excludes halogenated alkanes) is 3. The van der Waals surface area contributed by atoms with Crippen molar-refractivity contribution in [2.45, 2.75) is 76.3 Å². The van der Waals surface area contributed by atoms with Crippen molar-refractivity contribution in [1.82, 2.24) is 10.6 Å². The topological polar surface area (TPSA) is 67.4 Å². The molecule has 1 saturated carbocycles. The third-order valence-electron chi connectivity index (χ3n) is 5.01. The predicted molar refractivity (Wildman–Crippen MR) is 85.4 cm³/mol. The second kappa shape index (κ2) is 9.13. The van der Waals surface area contributed by atoms with E-state index >= 15 is 0 Å². The lowest BCUT2D eigenvalue weighted by Crippen LogP contribution is -2.43. The fourth-order valence-electron chi connectivity index (χ4n) is 3.71.